The van der Waals surface area contributed by atoms with Gasteiger partial charge in [0.05, 0.1) is 12.6 Å². The van der Waals surface area contributed by atoms with Gasteiger partial charge in [0.2, 0.25) is 11.9 Å². The zero-order valence-electron chi connectivity index (χ0n) is 18.0. The van der Waals surface area contributed by atoms with Gasteiger partial charge in [-0.1, -0.05) is 52.0 Å². The van der Waals surface area contributed by atoms with Gasteiger partial charge < -0.3 is 10.2 Å². The molecule has 1 fully saturated rings. The van der Waals surface area contributed by atoms with Gasteiger partial charge in [0.25, 0.3) is 0 Å². The second-order valence-corrected chi connectivity index (χ2v) is 8.42. The van der Waals surface area contributed by atoms with E-state index >= 15 is 0 Å². The molecule has 3 rings (SSSR count). The Morgan fingerprint density at radius 1 is 0.966 bits per heavy atom. The molecule has 29 heavy (non-hydrogen) atoms. The summed E-state index contributed by atoms with van der Waals surface area (Å²) in [7, 11) is 0. The van der Waals surface area contributed by atoms with Crippen molar-refractivity contribution in [2.24, 2.45) is 5.92 Å². The summed E-state index contributed by atoms with van der Waals surface area (Å²) in [6, 6.07) is 10.5. The number of hydrogen-bond donors (Lipinski definition) is 1. The second kappa shape index (κ2) is 9.83. The van der Waals surface area contributed by atoms with Crippen molar-refractivity contribution in [2.45, 2.75) is 39.7 Å². The van der Waals surface area contributed by atoms with Crippen LogP contribution < -0.4 is 10.2 Å². The van der Waals surface area contributed by atoms with Crippen molar-refractivity contribution in [2.75, 3.05) is 37.6 Å². The van der Waals surface area contributed by atoms with E-state index in [4.69, 9.17) is 0 Å². The van der Waals surface area contributed by atoms with E-state index in [9.17, 15) is 4.79 Å². The normalized spacial score (nSPS) is 16.3. The first-order chi connectivity index (χ1) is 13.9. The molecular weight excluding hydrogens is 362 g/mol. The minimum Gasteiger partial charge on any atom is -0.348 e. The number of aromatic nitrogens is 2. The Kier molecular flexibility index (Phi) is 7.20. The molecule has 1 N–H and O–H groups in total. The van der Waals surface area contributed by atoms with E-state index in [0.717, 1.165) is 32.1 Å². The Hall–Kier alpha value is -2.47. The molecule has 1 aromatic carbocycles. The van der Waals surface area contributed by atoms with E-state index in [-0.39, 0.29) is 11.9 Å². The minimum atomic E-state index is 0.0303. The predicted octanol–water partition coefficient (Wildman–Crippen LogP) is 3.24. The van der Waals surface area contributed by atoms with E-state index in [1.54, 1.807) is 12.4 Å². The van der Waals surface area contributed by atoms with E-state index < -0.39 is 0 Å². The number of amides is 1. The molecule has 1 aliphatic rings. The number of piperazine rings is 1. The van der Waals surface area contributed by atoms with Gasteiger partial charge in [-0.25, -0.2) is 9.97 Å². The molecular formula is C23H33N5O. The number of rotatable bonds is 7. The molecule has 1 saturated heterocycles. The lowest BCUT2D eigenvalue weighted by Gasteiger charge is -2.34. The van der Waals surface area contributed by atoms with Gasteiger partial charge in [0, 0.05) is 38.6 Å². The Balaban J connectivity index is 1.53. The zero-order chi connectivity index (χ0) is 20.8. The number of carbonyl (C=O) groups is 1. The van der Waals surface area contributed by atoms with E-state index in [0.29, 0.717) is 18.4 Å². The van der Waals surface area contributed by atoms with Crippen LogP contribution in [0.1, 0.15) is 50.8 Å². The van der Waals surface area contributed by atoms with Gasteiger partial charge in [0.1, 0.15) is 0 Å². The first-order valence-corrected chi connectivity index (χ1v) is 10.6. The Morgan fingerprint density at radius 2 is 1.55 bits per heavy atom. The maximum absolute atomic E-state index is 12.7. The molecule has 6 heteroatoms. The molecule has 0 saturated carbocycles. The van der Waals surface area contributed by atoms with Crippen molar-refractivity contribution in [3.8, 4) is 0 Å². The standard InChI is InChI=1S/C23H33N5O/c1-17(2)19-6-8-20(9-7-19)22(18(3)4)26-21(29)16-27-12-14-28(15-13-27)23-24-10-5-11-25-23/h5-11,17-18,22H,12-16H2,1-4H3,(H,26,29)/t22-/m1/s1. The quantitative estimate of drug-likeness (QED) is 0.780. The summed E-state index contributed by atoms with van der Waals surface area (Å²) >= 11 is 0. The summed E-state index contributed by atoms with van der Waals surface area (Å²) in [6.45, 7) is 12.5. The van der Waals surface area contributed by atoms with Crippen LogP contribution in [0.2, 0.25) is 0 Å². The molecule has 1 amide bonds. The monoisotopic (exact) mass is 395 g/mol. The van der Waals surface area contributed by atoms with Crippen LogP contribution in [-0.2, 0) is 4.79 Å². The van der Waals surface area contributed by atoms with Crippen LogP contribution in [0.5, 0.6) is 0 Å². The minimum absolute atomic E-state index is 0.0303. The highest BCUT2D eigenvalue weighted by Crippen LogP contribution is 2.24. The van der Waals surface area contributed by atoms with Gasteiger partial charge in [-0.05, 0) is 29.0 Å². The molecule has 0 aliphatic carbocycles. The number of nitrogens with zero attached hydrogens (tertiary/aromatic N) is 4. The maximum Gasteiger partial charge on any atom is 0.234 e. The molecule has 1 aliphatic heterocycles. The van der Waals surface area contributed by atoms with Crippen LogP contribution in [0, 0.1) is 5.92 Å². The van der Waals surface area contributed by atoms with Crippen molar-refractivity contribution in [3.63, 3.8) is 0 Å². The number of benzene rings is 1. The Bertz CT molecular complexity index is 768. The molecule has 1 atom stereocenters. The van der Waals surface area contributed by atoms with Crippen molar-refractivity contribution in [1.82, 2.24) is 20.2 Å². The first kappa shape index (κ1) is 21.2. The fourth-order valence-corrected chi connectivity index (χ4v) is 3.71. The van der Waals surface area contributed by atoms with Crippen LogP contribution in [0.3, 0.4) is 0 Å². The third-order valence-electron chi connectivity index (χ3n) is 5.52. The Morgan fingerprint density at radius 3 is 2.10 bits per heavy atom. The zero-order valence-corrected chi connectivity index (χ0v) is 18.0. The smallest absolute Gasteiger partial charge is 0.234 e. The van der Waals surface area contributed by atoms with Crippen molar-refractivity contribution in [1.29, 1.82) is 0 Å². The third kappa shape index (κ3) is 5.76. The lowest BCUT2D eigenvalue weighted by atomic mass is 9.93. The molecule has 0 radical (unpaired) electrons. The third-order valence-corrected chi connectivity index (χ3v) is 5.52. The van der Waals surface area contributed by atoms with E-state index in [1.807, 2.05) is 6.07 Å². The predicted molar refractivity (Wildman–Crippen MR) is 117 cm³/mol. The molecule has 2 heterocycles. The lowest BCUT2D eigenvalue weighted by molar-refractivity contribution is -0.123. The fourth-order valence-electron chi connectivity index (χ4n) is 3.71. The lowest BCUT2D eigenvalue weighted by Crippen LogP contribution is -2.50. The second-order valence-electron chi connectivity index (χ2n) is 8.42. The summed E-state index contributed by atoms with van der Waals surface area (Å²) in [4.78, 5) is 25.7. The van der Waals surface area contributed by atoms with Crippen LogP contribution >= 0.6 is 0 Å². The van der Waals surface area contributed by atoms with E-state index in [2.05, 4.69) is 77.0 Å². The van der Waals surface area contributed by atoms with Crippen molar-refractivity contribution < 1.29 is 4.79 Å². The first-order valence-electron chi connectivity index (χ1n) is 10.6. The average Bonchev–Trinajstić information content (AvgIpc) is 2.73. The summed E-state index contributed by atoms with van der Waals surface area (Å²) in [5, 5.41) is 3.25. The number of nitrogens with one attached hydrogen (secondary N) is 1. The molecule has 6 nitrogen and oxygen atoms in total. The molecule has 1 aromatic heterocycles. The number of carbonyl (C=O) groups excluding carboxylic acids is 1. The molecule has 156 valence electrons. The van der Waals surface area contributed by atoms with E-state index in [1.165, 1.54) is 11.1 Å². The van der Waals surface area contributed by atoms with Gasteiger partial charge in [0.15, 0.2) is 0 Å². The topological polar surface area (TPSA) is 61.4 Å². The van der Waals surface area contributed by atoms with Crippen LogP contribution in [-0.4, -0.2) is 53.5 Å². The van der Waals surface area contributed by atoms with Crippen LogP contribution in [0.25, 0.3) is 0 Å². The number of hydrogen-bond acceptors (Lipinski definition) is 5. The Labute approximate surface area is 174 Å². The fraction of sp³-hybridized carbons (Fsp3) is 0.522. The average molecular weight is 396 g/mol. The highest BCUT2D eigenvalue weighted by molar-refractivity contribution is 5.78. The molecule has 0 unspecified atom stereocenters. The highest BCUT2D eigenvalue weighted by Gasteiger charge is 2.23. The van der Waals surface area contributed by atoms with Gasteiger partial charge in [-0.15, -0.1) is 0 Å². The van der Waals surface area contributed by atoms with Gasteiger partial charge in [-0.2, -0.15) is 0 Å². The van der Waals surface area contributed by atoms with Gasteiger partial charge in [-0.3, -0.25) is 9.69 Å². The van der Waals surface area contributed by atoms with Crippen LogP contribution in [0.4, 0.5) is 5.95 Å². The van der Waals surface area contributed by atoms with Crippen LogP contribution in [0.15, 0.2) is 42.7 Å². The highest BCUT2D eigenvalue weighted by atomic mass is 16.2. The van der Waals surface area contributed by atoms with Crippen molar-refractivity contribution >= 4 is 11.9 Å². The summed E-state index contributed by atoms with van der Waals surface area (Å²) in [5.41, 5.74) is 2.49. The summed E-state index contributed by atoms with van der Waals surface area (Å²) < 4.78 is 0. The largest absolute Gasteiger partial charge is 0.348 e. The molecule has 2 aromatic rings. The maximum atomic E-state index is 12.7. The molecule has 0 spiro atoms. The molecule has 0 bridgehead atoms. The van der Waals surface area contributed by atoms with Crippen molar-refractivity contribution in [3.05, 3.63) is 53.9 Å². The number of anilines is 1. The van der Waals surface area contributed by atoms with Gasteiger partial charge >= 0.3 is 0 Å². The SMILES string of the molecule is CC(C)c1ccc([C@H](NC(=O)CN2CCN(c3ncccn3)CC2)C(C)C)cc1. The summed E-state index contributed by atoms with van der Waals surface area (Å²) in [6.07, 6.45) is 3.53. The summed E-state index contributed by atoms with van der Waals surface area (Å²) in [5.74, 6) is 1.69.